The van der Waals surface area contributed by atoms with Crippen LogP contribution >= 0.6 is 11.8 Å². The van der Waals surface area contributed by atoms with Crippen LogP contribution in [0.25, 0.3) is 0 Å². The van der Waals surface area contributed by atoms with Gasteiger partial charge in [0, 0.05) is 12.3 Å². The van der Waals surface area contributed by atoms with Gasteiger partial charge in [0.1, 0.15) is 0 Å². The van der Waals surface area contributed by atoms with Crippen molar-refractivity contribution >= 4 is 29.3 Å². The van der Waals surface area contributed by atoms with Gasteiger partial charge in [0.05, 0.1) is 31.4 Å². The second kappa shape index (κ2) is 12.5. The quantitative estimate of drug-likeness (QED) is 0.285. The molecule has 0 bridgehead atoms. The molecule has 2 amide bonds. The number of ether oxygens (including phenoxy) is 1. The van der Waals surface area contributed by atoms with Crippen molar-refractivity contribution in [2.75, 3.05) is 17.7 Å². The van der Waals surface area contributed by atoms with Crippen molar-refractivity contribution in [2.45, 2.75) is 57.5 Å². The molecule has 0 unspecified atom stereocenters. The van der Waals surface area contributed by atoms with Gasteiger partial charge in [-0.2, -0.15) is 0 Å². The van der Waals surface area contributed by atoms with Gasteiger partial charge >= 0.3 is 0 Å². The molecule has 9 nitrogen and oxygen atoms in total. The zero-order valence-corrected chi connectivity index (χ0v) is 21.4. The molecule has 0 radical (unpaired) electrons. The van der Waals surface area contributed by atoms with E-state index in [0.29, 0.717) is 18.2 Å². The van der Waals surface area contributed by atoms with Crippen LogP contribution in [0.15, 0.2) is 53.7 Å². The van der Waals surface area contributed by atoms with Gasteiger partial charge in [-0.3, -0.25) is 20.4 Å². The number of carbonyl (C=O) groups excluding carboxylic acids is 2. The molecule has 1 saturated heterocycles. The number of aryl methyl sites for hydroxylation is 2. The summed E-state index contributed by atoms with van der Waals surface area (Å²) in [7, 11) is 0. The molecule has 10 heteroatoms. The predicted octanol–water partition coefficient (Wildman–Crippen LogP) is 3.17. The number of nitrogens with one attached hydrogen (secondary N) is 3. The SMILES string of the molecule is Cc1ccc(NCc2nnc(SCC(=O)NNC(=O)Cc3ccccc3)n2C[C@@H]2CCCO2)c(C)c1. The number of aromatic nitrogens is 3. The summed E-state index contributed by atoms with van der Waals surface area (Å²) in [4.78, 5) is 24.5. The Morgan fingerprint density at radius 2 is 1.89 bits per heavy atom. The number of hydrogen-bond donors (Lipinski definition) is 3. The van der Waals surface area contributed by atoms with E-state index in [0.717, 1.165) is 36.5 Å². The maximum Gasteiger partial charge on any atom is 0.248 e. The summed E-state index contributed by atoms with van der Waals surface area (Å²) in [6, 6.07) is 15.6. The number of amides is 2. The number of nitrogens with zero attached hydrogens (tertiary/aromatic N) is 3. The highest BCUT2D eigenvalue weighted by molar-refractivity contribution is 7.99. The summed E-state index contributed by atoms with van der Waals surface area (Å²) < 4.78 is 7.86. The second-order valence-corrected chi connectivity index (χ2v) is 9.81. The Morgan fingerprint density at radius 1 is 1.08 bits per heavy atom. The van der Waals surface area contributed by atoms with Crippen LogP contribution in [0.2, 0.25) is 0 Å². The number of thioether (sulfide) groups is 1. The third kappa shape index (κ3) is 7.32. The molecule has 1 fully saturated rings. The van der Waals surface area contributed by atoms with E-state index < -0.39 is 0 Å². The lowest BCUT2D eigenvalue weighted by atomic mass is 10.1. The van der Waals surface area contributed by atoms with Crippen molar-refractivity contribution < 1.29 is 14.3 Å². The molecule has 190 valence electrons. The highest BCUT2D eigenvalue weighted by atomic mass is 32.2. The van der Waals surface area contributed by atoms with Gasteiger partial charge in [-0.1, -0.05) is 59.8 Å². The van der Waals surface area contributed by atoms with E-state index in [9.17, 15) is 9.59 Å². The second-order valence-electron chi connectivity index (χ2n) is 8.86. The van der Waals surface area contributed by atoms with Crippen molar-refractivity contribution in [3.63, 3.8) is 0 Å². The largest absolute Gasteiger partial charge is 0.378 e. The standard InChI is InChI=1S/C26H32N6O3S/c1-18-10-11-22(19(2)13-18)27-15-23-28-31-26(32(23)16-21-9-6-12-35-21)36-17-25(34)30-29-24(33)14-20-7-4-3-5-8-20/h3-5,7-8,10-11,13,21,27H,6,9,12,14-17H2,1-2H3,(H,29,33)(H,30,34)/t21-/m0/s1. The first kappa shape index (κ1) is 25.7. The predicted molar refractivity (Wildman–Crippen MR) is 139 cm³/mol. The number of rotatable bonds is 10. The summed E-state index contributed by atoms with van der Waals surface area (Å²) in [6.07, 6.45) is 2.32. The summed E-state index contributed by atoms with van der Waals surface area (Å²) >= 11 is 1.28. The molecule has 3 aromatic rings. The average Bonchev–Trinajstić information content (AvgIpc) is 3.52. The lowest BCUT2D eigenvalue weighted by Gasteiger charge is -2.16. The van der Waals surface area contributed by atoms with Crippen molar-refractivity contribution in [1.29, 1.82) is 0 Å². The first-order valence-corrected chi connectivity index (χ1v) is 13.1. The van der Waals surface area contributed by atoms with Crippen molar-refractivity contribution in [3.05, 3.63) is 71.0 Å². The van der Waals surface area contributed by atoms with Gasteiger partial charge in [0.25, 0.3) is 0 Å². The summed E-state index contributed by atoms with van der Waals surface area (Å²) in [5.41, 5.74) is 9.25. The number of carbonyl (C=O) groups is 2. The van der Waals surface area contributed by atoms with Crippen LogP contribution in [-0.2, 0) is 33.8 Å². The van der Waals surface area contributed by atoms with E-state index in [1.807, 2.05) is 34.9 Å². The van der Waals surface area contributed by atoms with Gasteiger partial charge in [-0.15, -0.1) is 10.2 Å². The molecule has 0 saturated carbocycles. The van der Waals surface area contributed by atoms with E-state index in [1.165, 1.54) is 22.9 Å². The molecule has 2 heterocycles. The lowest BCUT2D eigenvalue weighted by molar-refractivity contribution is -0.127. The Balaban J connectivity index is 1.33. The van der Waals surface area contributed by atoms with Crippen LogP contribution in [0.1, 0.15) is 35.4 Å². The topological polar surface area (TPSA) is 110 Å². The molecule has 1 aliphatic heterocycles. The lowest BCUT2D eigenvalue weighted by Crippen LogP contribution is -2.43. The zero-order chi connectivity index (χ0) is 25.3. The van der Waals surface area contributed by atoms with Crippen molar-refractivity contribution in [1.82, 2.24) is 25.6 Å². The van der Waals surface area contributed by atoms with Gasteiger partial charge in [-0.05, 0) is 43.9 Å². The molecular formula is C26H32N6O3S. The van der Waals surface area contributed by atoms with Gasteiger partial charge in [-0.25, -0.2) is 0 Å². The fraction of sp³-hybridized carbons (Fsp3) is 0.385. The summed E-state index contributed by atoms with van der Waals surface area (Å²) in [6.45, 7) is 6.05. The Labute approximate surface area is 215 Å². The molecule has 0 spiro atoms. The van der Waals surface area contributed by atoms with Crippen LogP contribution < -0.4 is 16.2 Å². The minimum Gasteiger partial charge on any atom is -0.378 e. The maximum absolute atomic E-state index is 12.4. The highest BCUT2D eigenvalue weighted by Gasteiger charge is 2.21. The third-order valence-corrected chi connectivity index (χ3v) is 6.87. The van der Waals surface area contributed by atoms with E-state index in [-0.39, 0.29) is 30.1 Å². The van der Waals surface area contributed by atoms with Gasteiger partial charge in [0.15, 0.2) is 11.0 Å². The molecule has 2 aromatic carbocycles. The molecule has 1 aliphatic rings. The molecule has 0 aliphatic carbocycles. The van der Waals surface area contributed by atoms with Crippen molar-refractivity contribution in [3.8, 4) is 0 Å². The Bertz CT molecular complexity index is 1180. The minimum absolute atomic E-state index is 0.0970. The molecular weight excluding hydrogens is 476 g/mol. The van der Waals surface area contributed by atoms with Crippen LogP contribution in [0.5, 0.6) is 0 Å². The Hall–Kier alpha value is -3.37. The molecule has 3 N–H and O–H groups in total. The maximum atomic E-state index is 12.4. The van der Waals surface area contributed by atoms with E-state index in [1.54, 1.807) is 0 Å². The zero-order valence-electron chi connectivity index (χ0n) is 20.6. The van der Waals surface area contributed by atoms with Crippen LogP contribution in [0, 0.1) is 13.8 Å². The number of benzene rings is 2. The minimum atomic E-state index is -0.317. The van der Waals surface area contributed by atoms with E-state index in [2.05, 4.69) is 58.4 Å². The third-order valence-electron chi connectivity index (χ3n) is 5.90. The number of hydrazine groups is 1. The first-order chi connectivity index (χ1) is 17.5. The number of hydrogen-bond acceptors (Lipinski definition) is 7. The van der Waals surface area contributed by atoms with Gasteiger partial charge < -0.3 is 14.6 Å². The highest BCUT2D eigenvalue weighted by Crippen LogP contribution is 2.23. The van der Waals surface area contributed by atoms with E-state index >= 15 is 0 Å². The van der Waals surface area contributed by atoms with Crippen LogP contribution in [0.4, 0.5) is 5.69 Å². The fourth-order valence-corrected chi connectivity index (χ4v) is 4.82. The first-order valence-electron chi connectivity index (χ1n) is 12.1. The molecule has 1 atom stereocenters. The molecule has 4 rings (SSSR count). The monoisotopic (exact) mass is 508 g/mol. The van der Waals surface area contributed by atoms with Gasteiger partial charge in [0.2, 0.25) is 11.8 Å². The Morgan fingerprint density at radius 3 is 2.64 bits per heavy atom. The normalized spacial score (nSPS) is 15.0. The fourth-order valence-electron chi connectivity index (χ4n) is 4.05. The molecule has 36 heavy (non-hydrogen) atoms. The Kier molecular flexibility index (Phi) is 8.96. The van der Waals surface area contributed by atoms with Crippen LogP contribution in [-0.4, -0.2) is 45.0 Å². The van der Waals surface area contributed by atoms with E-state index in [4.69, 9.17) is 4.74 Å². The van der Waals surface area contributed by atoms with Crippen LogP contribution in [0.3, 0.4) is 0 Å². The molecule has 1 aromatic heterocycles. The van der Waals surface area contributed by atoms with Crippen molar-refractivity contribution in [2.24, 2.45) is 0 Å². The average molecular weight is 509 g/mol. The summed E-state index contributed by atoms with van der Waals surface area (Å²) in [5.74, 6) is 0.285. The smallest absolute Gasteiger partial charge is 0.248 e. The number of anilines is 1. The summed E-state index contributed by atoms with van der Waals surface area (Å²) in [5, 5.41) is 12.8.